The number of nitrogens with two attached hydrogens (primary N) is 1. The van der Waals surface area contributed by atoms with E-state index < -0.39 is 0 Å². The molecule has 0 aliphatic heterocycles. The van der Waals surface area contributed by atoms with Crippen LogP contribution in [0.25, 0.3) is 27.9 Å². The van der Waals surface area contributed by atoms with Crippen molar-refractivity contribution in [2.45, 2.75) is 26.8 Å². The predicted molar refractivity (Wildman–Crippen MR) is 154 cm³/mol. The average molecular weight is 510 g/mol. The third-order valence-electron chi connectivity index (χ3n) is 6.40. The lowest BCUT2D eigenvalue weighted by atomic mass is 9.98. The number of nitrogens with zero attached hydrogens (tertiary/aromatic N) is 2. The minimum atomic E-state index is -0.270. The van der Waals surface area contributed by atoms with Crippen LogP contribution in [-0.4, -0.2) is 31.2 Å². The Balaban J connectivity index is 1.82. The van der Waals surface area contributed by atoms with Gasteiger partial charge in [-0.25, -0.2) is 0 Å². The number of para-hydroxylation sites is 1. The number of carbonyl (C=O) groups excluding carboxylic acids is 1. The van der Waals surface area contributed by atoms with Gasteiger partial charge in [-0.3, -0.25) is 19.6 Å². The van der Waals surface area contributed by atoms with Gasteiger partial charge < -0.3 is 20.8 Å². The second-order valence-corrected chi connectivity index (χ2v) is 9.05. The van der Waals surface area contributed by atoms with E-state index in [4.69, 9.17) is 10.2 Å². The minimum absolute atomic E-state index is 0.103. The molecular weight excluding hydrogens is 478 g/mol. The standard InChI is InChI=1S/C30H31N5O3/c1-17-12-23(19(3)35-26-9-7-6-8-22(26)30(37)33-5)29-24(13-17)27(36)18(2)28(38-29)20-10-11-25(34-16-20)21(14-31)15-32-4/h6-16,19,35H,31H2,1-5H3,(H,33,37). The molecule has 4 rings (SSSR count). The summed E-state index contributed by atoms with van der Waals surface area (Å²) in [5.41, 5.74) is 11.6. The molecule has 0 aliphatic rings. The Hall–Kier alpha value is -4.72. The van der Waals surface area contributed by atoms with Gasteiger partial charge in [0.1, 0.15) is 11.3 Å². The van der Waals surface area contributed by atoms with Crippen molar-refractivity contribution in [2.24, 2.45) is 10.7 Å². The summed E-state index contributed by atoms with van der Waals surface area (Å²) in [7, 11) is 3.26. The molecule has 2 aromatic heterocycles. The van der Waals surface area contributed by atoms with Crippen molar-refractivity contribution in [3.63, 3.8) is 0 Å². The van der Waals surface area contributed by atoms with Crippen molar-refractivity contribution in [1.82, 2.24) is 10.3 Å². The van der Waals surface area contributed by atoms with Gasteiger partial charge in [0.15, 0.2) is 5.43 Å². The van der Waals surface area contributed by atoms with E-state index in [1.807, 2.05) is 56.3 Å². The zero-order valence-corrected chi connectivity index (χ0v) is 22.1. The van der Waals surface area contributed by atoms with E-state index in [0.717, 1.165) is 11.1 Å². The Kier molecular flexibility index (Phi) is 7.71. The van der Waals surface area contributed by atoms with E-state index in [-0.39, 0.29) is 17.4 Å². The molecule has 0 aliphatic carbocycles. The van der Waals surface area contributed by atoms with Crippen LogP contribution in [0.1, 0.15) is 45.7 Å². The first-order valence-electron chi connectivity index (χ1n) is 12.3. The van der Waals surface area contributed by atoms with Gasteiger partial charge in [0, 0.05) is 60.7 Å². The number of aromatic nitrogens is 1. The van der Waals surface area contributed by atoms with Crippen LogP contribution in [0.15, 0.2) is 75.1 Å². The first-order chi connectivity index (χ1) is 18.3. The van der Waals surface area contributed by atoms with Gasteiger partial charge in [-0.05, 0) is 56.7 Å². The summed E-state index contributed by atoms with van der Waals surface area (Å²) in [5.74, 6) is 0.264. The maximum absolute atomic E-state index is 13.5. The second kappa shape index (κ2) is 11.1. The molecule has 4 N–H and O–H groups in total. The molecule has 194 valence electrons. The van der Waals surface area contributed by atoms with Crippen LogP contribution in [0.5, 0.6) is 0 Å². The van der Waals surface area contributed by atoms with Gasteiger partial charge in [0.2, 0.25) is 0 Å². The summed E-state index contributed by atoms with van der Waals surface area (Å²) < 4.78 is 6.45. The zero-order valence-electron chi connectivity index (χ0n) is 22.1. The fraction of sp³-hybridized carbons (Fsp3) is 0.200. The van der Waals surface area contributed by atoms with Gasteiger partial charge in [0.05, 0.1) is 22.7 Å². The van der Waals surface area contributed by atoms with Crippen LogP contribution in [0.3, 0.4) is 0 Å². The highest BCUT2D eigenvalue weighted by atomic mass is 16.3. The second-order valence-electron chi connectivity index (χ2n) is 9.05. The predicted octanol–water partition coefficient (Wildman–Crippen LogP) is 5.00. The highest BCUT2D eigenvalue weighted by Crippen LogP contribution is 2.32. The lowest BCUT2D eigenvalue weighted by Crippen LogP contribution is -2.20. The number of fused-ring (bicyclic) bond motifs is 1. The maximum atomic E-state index is 13.5. The Morgan fingerprint density at radius 2 is 1.92 bits per heavy atom. The van der Waals surface area contributed by atoms with E-state index in [9.17, 15) is 9.59 Å². The third kappa shape index (κ3) is 5.06. The Morgan fingerprint density at radius 1 is 1.16 bits per heavy atom. The van der Waals surface area contributed by atoms with Gasteiger partial charge in [-0.2, -0.15) is 0 Å². The third-order valence-corrected chi connectivity index (χ3v) is 6.40. The first-order valence-corrected chi connectivity index (χ1v) is 12.3. The molecule has 1 atom stereocenters. The van der Waals surface area contributed by atoms with E-state index in [1.165, 1.54) is 6.20 Å². The number of allylic oxidation sites excluding steroid dienone is 1. The van der Waals surface area contributed by atoms with Crippen LogP contribution in [-0.2, 0) is 0 Å². The monoisotopic (exact) mass is 509 g/mol. The molecule has 8 heteroatoms. The highest BCUT2D eigenvalue weighted by Gasteiger charge is 2.20. The SMILES string of the molecule is CN=CC(=CN)c1ccc(-c2oc3c(C(C)Nc4ccccc4C(=O)NC)cc(C)cc3c(=O)c2C)cn1. The Morgan fingerprint density at radius 3 is 2.58 bits per heavy atom. The van der Waals surface area contributed by atoms with E-state index in [1.54, 1.807) is 39.5 Å². The molecule has 0 spiro atoms. The number of nitrogens with one attached hydrogen (secondary N) is 2. The Labute approximate surface area is 221 Å². The number of hydrogen-bond donors (Lipinski definition) is 3. The van der Waals surface area contributed by atoms with Gasteiger partial charge in [-0.1, -0.05) is 18.2 Å². The lowest BCUT2D eigenvalue weighted by molar-refractivity contribution is 0.0964. The van der Waals surface area contributed by atoms with Crippen LogP contribution in [0.4, 0.5) is 5.69 Å². The molecule has 38 heavy (non-hydrogen) atoms. The fourth-order valence-electron chi connectivity index (χ4n) is 4.45. The number of aryl methyl sites for hydroxylation is 1. The smallest absolute Gasteiger partial charge is 0.253 e. The number of hydrogen-bond acceptors (Lipinski definition) is 7. The molecule has 8 nitrogen and oxygen atoms in total. The van der Waals surface area contributed by atoms with Crippen LogP contribution >= 0.6 is 0 Å². The summed E-state index contributed by atoms with van der Waals surface area (Å²) in [6.45, 7) is 5.68. The molecule has 2 aromatic carbocycles. The van der Waals surface area contributed by atoms with Crippen LogP contribution in [0, 0.1) is 13.8 Å². The molecule has 0 radical (unpaired) electrons. The van der Waals surface area contributed by atoms with E-state index >= 15 is 0 Å². The van der Waals surface area contributed by atoms with Gasteiger partial charge in [-0.15, -0.1) is 0 Å². The molecule has 4 aromatic rings. The van der Waals surface area contributed by atoms with Crippen molar-refractivity contribution < 1.29 is 9.21 Å². The first kappa shape index (κ1) is 26.3. The summed E-state index contributed by atoms with van der Waals surface area (Å²) >= 11 is 0. The maximum Gasteiger partial charge on any atom is 0.253 e. The number of rotatable bonds is 7. The summed E-state index contributed by atoms with van der Waals surface area (Å²) in [6, 6.07) is 14.5. The molecular formula is C30H31N5O3. The summed E-state index contributed by atoms with van der Waals surface area (Å²) in [5, 5.41) is 6.61. The number of pyridine rings is 1. The van der Waals surface area contributed by atoms with Crippen molar-refractivity contribution in [3.05, 3.63) is 99.1 Å². The highest BCUT2D eigenvalue weighted by molar-refractivity contribution is 6.08. The van der Waals surface area contributed by atoms with Crippen molar-refractivity contribution in [3.8, 4) is 11.3 Å². The average Bonchev–Trinajstić information content (AvgIpc) is 2.93. The van der Waals surface area contributed by atoms with Crippen molar-refractivity contribution in [1.29, 1.82) is 0 Å². The van der Waals surface area contributed by atoms with Crippen molar-refractivity contribution in [2.75, 3.05) is 19.4 Å². The molecule has 0 fully saturated rings. The van der Waals surface area contributed by atoms with Gasteiger partial charge >= 0.3 is 0 Å². The normalized spacial score (nSPS) is 12.6. The minimum Gasteiger partial charge on any atom is -0.455 e. The van der Waals surface area contributed by atoms with Crippen LogP contribution in [0.2, 0.25) is 0 Å². The summed E-state index contributed by atoms with van der Waals surface area (Å²) in [4.78, 5) is 34.4. The Bertz CT molecular complexity index is 1620. The van der Waals surface area contributed by atoms with Gasteiger partial charge in [0.25, 0.3) is 5.91 Å². The molecule has 1 amide bonds. The lowest BCUT2D eigenvalue weighted by Gasteiger charge is -2.20. The summed E-state index contributed by atoms with van der Waals surface area (Å²) in [6.07, 6.45) is 4.74. The molecule has 0 bridgehead atoms. The number of aliphatic imine (C=N–C) groups is 1. The largest absolute Gasteiger partial charge is 0.455 e. The quantitative estimate of drug-likeness (QED) is 0.301. The van der Waals surface area contributed by atoms with E-state index in [2.05, 4.69) is 20.6 Å². The number of amides is 1. The number of carbonyl (C=O) groups is 1. The number of anilines is 1. The van der Waals surface area contributed by atoms with Crippen LogP contribution < -0.4 is 21.8 Å². The van der Waals surface area contributed by atoms with Crippen molar-refractivity contribution >= 4 is 34.4 Å². The molecule has 0 saturated carbocycles. The number of benzene rings is 2. The molecule has 0 saturated heterocycles. The molecule has 1 unspecified atom stereocenters. The van der Waals surface area contributed by atoms with E-state index in [0.29, 0.717) is 50.4 Å². The molecule has 2 heterocycles. The zero-order chi connectivity index (χ0) is 27.4. The fourth-order valence-corrected chi connectivity index (χ4v) is 4.45. The topological polar surface area (TPSA) is 123 Å².